The van der Waals surface area contributed by atoms with Crippen LogP contribution in [0.15, 0.2) is 11.6 Å². The van der Waals surface area contributed by atoms with Gasteiger partial charge < -0.3 is 4.90 Å². The second-order valence-corrected chi connectivity index (χ2v) is 7.06. The molecule has 4 atom stereocenters. The molecule has 0 aromatic heterocycles. The molecule has 4 unspecified atom stereocenters. The molecule has 0 heterocycles. The van der Waals surface area contributed by atoms with Crippen molar-refractivity contribution in [3.8, 4) is 0 Å². The summed E-state index contributed by atoms with van der Waals surface area (Å²) < 4.78 is 0. The molecule has 19 heavy (non-hydrogen) atoms. The first-order valence-corrected chi connectivity index (χ1v) is 7.83. The van der Waals surface area contributed by atoms with E-state index in [1.807, 2.05) is 4.90 Å². The molecule has 1 saturated carbocycles. The van der Waals surface area contributed by atoms with Gasteiger partial charge in [-0.2, -0.15) is 0 Å². The molecule has 0 aromatic rings. The van der Waals surface area contributed by atoms with Gasteiger partial charge in [-0.05, 0) is 63.7 Å². The predicted molar refractivity (Wildman–Crippen MR) is 79.8 cm³/mol. The van der Waals surface area contributed by atoms with Crippen molar-refractivity contribution in [3.05, 3.63) is 11.6 Å². The topological polar surface area (TPSA) is 20.3 Å². The summed E-state index contributed by atoms with van der Waals surface area (Å²) in [5.41, 5.74) is 1.56. The molecule has 1 amide bonds. The van der Waals surface area contributed by atoms with Crippen LogP contribution in [0.2, 0.25) is 0 Å². The van der Waals surface area contributed by atoms with E-state index in [0.29, 0.717) is 6.04 Å². The van der Waals surface area contributed by atoms with Gasteiger partial charge >= 0.3 is 0 Å². The second-order valence-electron chi connectivity index (χ2n) is 7.06. The fourth-order valence-corrected chi connectivity index (χ4v) is 3.87. The lowest BCUT2D eigenvalue weighted by Crippen LogP contribution is -2.37. The molecule has 1 fully saturated rings. The third kappa shape index (κ3) is 3.40. The van der Waals surface area contributed by atoms with E-state index < -0.39 is 0 Å². The summed E-state index contributed by atoms with van der Waals surface area (Å²) in [5.74, 6) is 3.53. The van der Waals surface area contributed by atoms with E-state index in [9.17, 15) is 4.79 Å². The van der Waals surface area contributed by atoms with Crippen LogP contribution in [0, 0.1) is 23.7 Å². The van der Waals surface area contributed by atoms with Crippen LogP contribution in [-0.4, -0.2) is 23.4 Å². The van der Waals surface area contributed by atoms with Gasteiger partial charge in [0.2, 0.25) is 5.91 Å². The van der Waals surface area contributed by atoms with Crippen LogP contribution >= 0.6 is 0 Å². The molecule has 0 spiro atoms. The zero-order chi connectivity index (χ0) is 14.2. The van der Waals surface area contributed by atoms with E-state index in [-0.39, 0.29) is 5.91 Å². The lowest BCUT2D eigenvalue weighted by Gasteiger charge is -2.30. The Bertz CT molecular complexity index is 371. The fourth-order valence-electron chi connectivity index (χ4n) is 3.87. The van der Waals surface area contributed by atoms with Crippen molar-refractivity contribution in [2.24, 2.45) is 23.7 Å². The molecule has 0 saturated heterocycles. The highest BCUT2D eigenvalue weighted by molar-refractivity contribution is 5.73. The normalized spacial score (nSPS) is 34.1. The number of carbonyl (C=O) groups excluding carboxylic acids is 1. The lowest BCUT2D eigenvalue weighted by molar-refractivity contribution is -0.130. The summed E-state index contributed by atoms with van der Waals surface area (Å²) in [6, 6.07) is 0.338. The molecule has 2 aliphatic rings. The monoisotopic (exact) mass is 263 g/mol. The maximum Gasteiger partial charge on any atom is 0.219 e. The Balaban J connectivity index is 1.89. The maximum atomic E-state index is 11.7. The van der Waals surface area contributed by atoms with Gasteiger partial charge in [0.1, 0.15) is 0 Å². The van der Waals surface area contributed by atoms with Crippen LogP contribution in [0.25, 0.3) is 0 Å². The van der Waals surface area contributed by atoms with Crippen molar-refractivity contribution in [1.82, 2.24) is 4.90 Å². The van der Waals surface area contributed by atoms with Crippen LogP contribution in [0.3, 0.4) is 0 Å². The van der Waals surface area contributed by atoms with E-state index in [2.05, 4.69) is 33.8 Å². The van der Waals surface area contributed by atoms with E-state index in [4.69, 9.17) is 0 Å². The quantitative estimate of drug-likeness (QED) is 0.705. The molecular formula is C17H29NO. The Hall–Kier alpha value is -0.790. The number of rotatable bonds is 4. The Morgan fingerprint density at radius 2 is 2.11 bits per heavy atom. The van der Waals surface area contributed by atoms with E-state index in [1.165, 1.54) is 19.3 Å². The van der Waals surface area contributed by atoms with Crippen LogP contribution in [0.4, 0.5) is 0 Å². The standard InChI is InChI=1S/C17H29NO/c1-11(2)18(14(5)19)10-15-9-17(15)16-7-6-12(3)8-13(16)4/h6,11,13,15-17H,7-10H2,1-5H3. The zero-order valence-electron chi connectivity index (χ0n) is 13.1. The minimum Gasteiger partial charge on any atom is -0.340 e. The first-order valence-electron chi connectivity index (χ1n) is 7.83. The van der Waals surface area contributed by atoms with Gasteiger partial charge in [-0.1, -0.05) is 18.6 Å². The molecule has 108 valence electrons. The van der Waals surface area contributed by atoms with Crippen molar-refractivity contribution < 1.29 is 4.79 Å². The van der Waals surface area contributed by atoms with Crippen LogP contribution < -0.4 is 0 Å². The van der Waals surface area contributed by atoms with E-state index in [0.717, 1.165) is 30.2 Å². The van der Waals surface area contributed by atoms with Crippen molar-refractivity contribution >= 4 is 5.91 Å². The summed E-state index contributed by atoms with van der Waals surface area (Å²) in [6.07, 6.45) is 6.30. The summed E-state index contributed by atoms with van der Waals surface area (Å²) in [7, 11) is 0. The summed E-state index contributed by atoms with van der Waals surface area (Å²) in [5, 5.41) is 0. The Kier molecular flexibility index (Phi) is 4.37. The first kappa shape index (κ1) is 14.6. The SMILES string of the molecule is CC(=O)N(CC1CC1C1CC=C(C)CC1C)C(C)C. The molecule has 0 N–H and O–H groups in total. The minimum absolute atomic E-state index is 0.230. The third-order valence-electron chi connectivity index (χ3n) is 5.10. The largest absolute Gasteiger partial charge is 0.340 e. The van der Waals surface area contributed by atoms with E-state index >= 15 is 0 Å². The number of allylic oxidation sites excluding steroid dienone is 2. The van der Waals surface area contributed by atoms with Gasteiger partial charge in [-0.25, -0.2) is 0 Å². The minimum atomic E-state index is 0.230. The Morgan fingerprint density at radius 3 is 2.63 bits per heavy atom. The highest BCUT2D eigenvalue weighted by Gasteiger charge is 2.45. The molecule has 2 heteroatoms. The van der Waals surface area contributed by atoms with Crippen LogP contribution in [0.1, 0.15) is 53.9 Å². The molecule has 0 radical (unpaired) electrons. The summed E-state index contributed by atoms with van der Waals surface area (Å²) in [6.45, 7) is 11.6. The number of hydrogen-bond acceptors (Lipinski definition) is 1. The molecule has 0 aliphatic heterocycles. The highest BCUT2D eigenvalue weighted by atomic mass is 16.2. The van der Waals surface area contributed by atoms with Gasteiger partial charge in [0.25, 0.3) is 0 Å². The van der Waals surface area contributed by atoms with Crippen molar-refractivity contribution in [2.75, 3.05) is 6.54 Å². The second kappa shape index (κ2) is 5.68. The molecular weight excluding hydrogens is 234 g/mol. The fraction of sp³-hybridized carbons (Fsp3) is 0.824. The lowest BCUT2D eigenvalue weighted by atomic mass is 9.78. The van der Waals surface area contributed by atoms with Crippen molar-refractivity contribution in [2.45, 2.75) is 59.9 Å². The Morgan fingerprint density at radius 1 is 1.42 bits per heavy atom. The molecule has 2 aliphatic carbocycles. The molecule has 0 aromatic carbocycles. The third-order valence-corrected chi connectivity index (χ3v) is 5.10. The van der Waals surface area contributed by atoms with Gasteiger partial charge in [-0.3, -0.25) is 4.79 Å². The maximum absolute atomic E-state index is 11.7. The van der Waals surface area contributed by atoms with E-state index in [1.54, 1.807) is 12.5 Å². The van der Waals surface area contributed by atoms with Gasteiger partial charge in [-0.15, -0.1) is 0 Å². The average molecular weight is 263 g/mol. The molecule has 0 bridgehead atoms. The number of hydrogen-bond donors (Lipinski definition) is 0. The summed E-state index contributed by atoms with van der Waals surface area (Å²) >= 11 is 0. The van der Waals surface area contributed by atoms with Crippen molar-refractivity contribution in [1.29, 1.82) is 0 Å². The smallest absolute Gasteiger partial charge is 0.219 e. The molecule has 2 nitrogen and oxygen atoms in total. The van der Waals surface area contributed by atoms with Gasteiger partial charge in [0, 0.05) is 19.5 Å². The highest BCUT2D eigenvalue weighted by Crippen LogP contribution is 2.51. The van der Waals surface area contributed by atoms with Gasteiger partial charge in [0.15, 0.2) is 0 Å². The predicted octanol–water partition coefficient (Wildman–Crippen LogP) is 3.87. The van der Waals surface area contributed by atoms with Crippen molar-refractivity contribution in [3.63, 3.8) is 0 Å². The molecule has 2 rings (SSSR count). The number of nitrogens with zero attached hydrogens (tertiary/aromatic N) is 1. The number of carbonyl (C=O) groups is 1. The average Bonchev–Trinajstić information content (AvgIpc) is 3.04. The summed E-state index contributed by atoms with van der Waals surface area (Å²) in [4.78, 5) is 13.7. The first-order chi connectivity index (χ1) is 8.90. The van der Waals surface area contributed by atoms with Crippen LogP contribution in [0.5, 0.6) is 0 Å². The Labute approximate surface area is 118 Å². The van der Waals surface area contributed by atoms with Gasteiger partial charge in [0.05, 0.1) is 0 Å². The van der Waals surface area contributed by atoms with Crippen LogP contribution in [-0.2, 0) is 4.79 Å². The number of amides is 1. The zero-order valence-corrected chi connectivity index (χ0v) is 13.1.